The molecule has 0 fully saturated rings. The van der Waals surface area contributed by atoms with Crippen molar-refractivity contribution in [1.82, 2.24) is 14.8 Å². The molecule has 1 atom stereocenters. The molecule has 0 radical (unpaired) electrons. The Hall–Kier alpha value is -3.07. The summed E-state index contributed by atoms with van der Waals surface area (Å²) in [5, 5.41) is 9.42. The van der Waals surface area contributed by atoms with Gasteiger partial charge < -0.3 is 10.1 Å². The number of ether oxygens (including phenoxy) is 1. The molecule has 1 N–H and O–H groups in total. The first-order valence-electron chi connectivity index (χ1n) is 8.95. The number of halogens is 1. The van der Waals surface area contributed by atoms with E-state index in [0.717, 1.165) is 11.3 Å². The summed E-state index contributed by atoms with van der Waals surface area (Å²) in [7, 11) is 1.79. The van der Waals surface area contributed by atoms with Gasteiger partial charge in [0.05, 0.1) is 29.2 Å². The van der Waals surface area contributed by atoms with Crippen LogP contribution in [0.15, 0.2) is 29.6 Å². The molecule has 1 amide bonds. The number of carbonyl (C=O) groups excluding carboxylic acids is 2. The normalized spacial score (nSPS) is 11.9. The number of aryl methyl sites for hydroxylation is 2. The van der Waals surface area contributed by atoms with Crippen LogP contribution in [0.25, 0.3) is 10.6 Å². The number of aromatic nitrogens is 3. The second kappa shape index (κ2) is 8.52. The van der Waals surface area contributed by atoms with E-state index in [1.54, 1.807) is 36.2 Å². The lowest BCUT2D eigenvalue weighted by atomic mass is 10.2. The van der Waals surface area contributed by atoms with Gasteiger partial charge in [-0.15, -0.1) is 11.3 Å². The third-order valence-electron chi connectivity index (χ3n) is 4.40. The van der Waals surface area contributed by atoms with Gasteiger partial charge in [0.25, 0.3) is 5.91 Å². The van der Waals surface area contributed by atoms with Crippen LogP contribution in [0.4, 0.5) is 10.1 Å². The van der Waals surface area contributed by atoms with Gasteiger partial charge >= 0.3 is 5.97 Å². The molecule has 2 aromatic heterocycles. The Bertz CT molecular complexity index is 1040. The largest absolute Gasteiger partial charge is 0.452 e. The van der Waals surface area contributed by atoms with Gasteiger partial charge in [-0.05, 0) is 45.0 Å². The van der Waals surface area contributed by atoms with Crippen LogP contribution in [0.5, 0.6) is 0 Å². The van der Waals surface area contributed by atoms with Crippen molar-refractivity contribution in [2.45, 2.75) is 33.3 Å². The van der Waals surface area contributed by atoms with Crippen LogP contribution in [0.2, 0.25) is 0 Å². The van der Waals surface area contributed by atoms with Gasteiger partial charge in [-0.2, -0.15) is 5.10 Å². The number of anilines is 1. The van der Waals surface area contributed by atoms with Gasteiger partial charge in [-0.25, -0.2) is 9.37 Å². The van der Waals surface area contributed by atoms with Crippen molar-refractivity contribution >= 4 is 28.9 Å². The minimum Gasteiger partial charge on any atom is -0.452 e. The molecule has 1 aromatic carbocycles. The molecule has 0 aliphatic carbocycles. The molecule has 152 valence electrons. The molecule has 0 spiro atoms. The van der Waals surface area contributed by atoms with Gasteiger partial charge in [0.1, 0.15) is 10.8 Å². The topological polar surface area (TPSA) is 86.1 Å². The van der Waals surface area contributed by atoms with Crippen molar-refractivity contribution in [3.63, 3.8) is 0 Å². The minimum atomic E-state index is -0.961. The number of benzene rings is 1. The van der Waals surface area contributed by atoms with E-state index in [2.05, 4.69) is 15.4 Å². The number of thiazole rings is 1. The summed E-state index contributed by atoms with van der Waals surface area (Å²) in [5.41, 5.74) is 3.42. The van der Waals surface area contributed by atoms with E-state index in [-0.39, 0.29) is 12.2 Å². The molecule has 0 saturated heterocycles. The first-order chi connectivity index (χ1) is 13.7. The summed E-state index contributed by atoms with van der Waals surface area (Å²) in [5.74, 6) is -1.30. The molecule has 3 aromatic rings. The molecule has 7 nitrogen and oxygen atoms in total. The predicted octanol–water partition coefficient (Wildman–Crippen LogP) is 3.41. The molecule has 0 bridgehead atoms. The fraction of sp³-hybridized carbons (Fsp3) is 0.300. The smallest absolute Gasteiger partial charge is 0.312 e. The van der Waals surface area contributed by atoms with Crippen molar-refractivity contribution < 1.29 is 18.7 Å². The standard InChI is InChI=1S/C20H21FN4O3S/c1-11-18(12(2)25(4)24-11)23-19(27)13(3)28-17(26)9-16-10-29-20(22-16)14-5-7-15(21)8-6-14/h5-8,10,13H,9H2,1-4H3,(H,23,27)/t13-/m1/s1. The quantitative estimate of drug-likeness (QED) is 0.623. The second-order valence-electron chi connectivity index (χ2n) is 6.62. The number of amides is 1. The van der Waals surface area contributed by atoms with Crippen molar-refractivity contribution in [2.24, 2.45) is 7.05 Å². The fourth-order valence-electron chi connectivity index (χ4n) is 2.73. The third-order valence-corrected chi connectivity index (χ3v) is 5.34. The molecule has 0 aliphatic heterocycles. The lowest BCUT2D eigenvalue weighted by molar-refractivity contribution is -0.152. The Morgan fingerprint density at radius 1 is 1.28 bits per heavy atom. The highest BCUT2D eigenvalue weighted by atomic mass is 32.1. The third kappa shape index (κ3) is 4.86. The maximum absolute atomic E-state index is 13.0. The van der Waals surface area contributed by atoms with E-state index < -0.39 is 18.0 Å². The summed E-state index contributed by atoms with van der Waals surface area (Å²) in [4.78, 5) is 28.9. The highest BCUT2D eigenvalue weighted by Crippen LogP contribution is 2.24. The number of nitrogens with zero attached hydrogens (tertiary/aromatic N) is 3. The Morgan fingerprint density at radius 3 is 2.59 bits per heavy atom. The number of nitrogens with one attached hydrogen (secondary N) is 1. The minimum absolute atomic E-state index is 0.0553. The van der Waals surface area contributed by atoms with Gasteiger partial charge in [0.15, 0.2) is 6.10 Å². The number of hydrogen-bond donors (Lipinski definition) is 1. The first-order valence-corrected chi connectivity index (χ1v) is 9.83. The van der Waals surface area contributed by atoms with E-state index in [0.29, 0.717) is 22.1 Å². The fourth-order valence-corrected chi connectivity index (χ4v) is 3.56. The van der Waals surface area contributed by atoms with Crippen LogP contribution in [0, 0.1) is 19.7 Å². The zero-order chi connectivity index (χ0) is 21.1. The Labute approximate surface area is 171 Å². The van der Waals surface area contributed by atoms with Crippen LogP contribution >= 0.6 is 11.3 Å². The average molecular weight is 416 g/mol. The molecular formula is C20H21FN4O3S. The summed E-state index contributed by atoms with van der Waals surface area (Å²) < 4.78 is 19.9. The van der Waals surface area contributed by atoms with Crippen molar-refractivity contribution in [3.05, 3.63) is 52.5 Å². The van der Waals surface area contributed by atoms with Crippen LogP contribution in [0.3, 0.4) is 0 Å². The van der Waals surface area contributed by atoms with Crippen LogP contribution in [-0.4, -0.2) is 32.7 Å². The molecule has 0 saturated carbocycles. The monoisotopic (exact) mass is 416 g/mol. The predicted molar refractivity (Wildman–Crippen MR) is 108 cm³/mol. The number of esters is 1. The summed E-state index contributed by atoms with van der Waals surface area (Å²) in [6.07, 6.45) is -1.02. The Kier molecular flexibility index (Phi) is 6.07. The highest BCUT2D eigenvalue weighted by molar-refractivity contribution is 7.13. The average Bonchev–Trinajstić information content (AvgIpc) is 3.22. The van der Waals surface area contributed by atoms with Crippen molar-refractivity contribution in [2.75, 3.05) is 5.32 Å². The Balaban J connectivity index is 1.57. The molecule has 0 aliphatic rings. The zero-order valence-electron chi connectivity index (χ0n) is 16.5. The lowest BCUT2D eigenvalue weighted by Gasteiger charge is -2.13. The van der Waals surface area contributed by atoms with Gasteiger partial charge in [0.2, 0.25) is 0 Å². The van der Waals surface area contributed by atoms with Crippen LogP contribution in [0.1, 0.15) is 24.0 Å². The number of carbonyl (C=O) groups is 2. The van der Waals surface area contributed by atoms with E-state index >= 15 is 0 Å². The summed E-state index contributed by atoms with van der Waals surface area (Å²) in [6, 6.07) is 5.98. The van der Waals surface area contributed by atoms with E-state index in [1.807, 2.05) is 6.92 Å². The van der Waals surface area contributed by atoms with Gasteiger partial charge in [-0.3, -0.25) is 14.3 Å². The van der Waals surface area contributed by atoms with E-state index in [1.165, 1.54) is 30.4 Å². The van der Waals surface area contributed by atoms with Crippen LogP contribution < -0.4 is 5.32 Å². The van der Waals surface area contributed by atoms with Crippen LogP contribution in [-0.2, 0) is 27.8 Å². The van der Waals surface area contributed by atoms with E-state index in [4.69, 9.17) is 4.74 Å². The molecule has 29 heavy (non-hydrogen) atoms. The second-order valence-corrected chi connectivity index (χ2v) is 7.48. The molecule has 3 rings (SSSR count). The first kappa shape index (κ1) is 20.7. The molecule has 9 heteroatoms. The summed E-state index contributed by atoms with van der Waals surface area (Å²) in [6.45, 7) is 5.15. The zero-order valence-corrected chi connectivity index (χ0v) is 17.3. The van der Waals surface area contributed by atoms with Gasteiger partial charge in [-0.1, -0.05) is 0 Å². The molecule has 2 heterocycles. The highest BCUT2D eigenvalue weighted by Gasteiger charge is 2.21. The molecular weight excluding hydrogens is 395 g/mol. The lowest BCUT2D eigenvalue weighted by Crippen LogP contribution is -2.30. The van der Waals surface area contributed by atoms with Crippen molar-refractivity contribution in [1.29, 1.82) is 0 Å². The van der Waals surface area contributed by atoms with Gasteiger partial charge in [0, 0.05) is 18.0 Å². The maximum Gasteiger partial charge on any atom is 0.312 e. The Morgan fingerprint density at radius 2 is 1.97 bits per heavy atom. The van der Waals surface area contributed by atoms with Crippen molar-refractivity contribution in [3.8, 4) is 10.6 Å². The maximum atomic E-state index is 13.0. The summed E-state index contributed by atoms with van der Waals surface area (Å²) >= 11 is 1.35. The SMILES string of the molecule is Cc1nn(C)c(C)c1NC(=O)[C@@H](C)OC(=O)Cc1csc(-c2ccc(F)cc2)n1. The number of rotatable bonds is 6. The number of hydrogen-bond acceptors (Lipinski definition) is 6. The van der Waals surface area contributed by atoms with E-state index in [9.17, 15) is 14.0 Å². The molecule has 0 unspecified atom stereocenters.